The van der Waals surface area contributed by atoms with Crippen LogP contribution in [0.25, 0.3) is 0 Å². The molecule has 1 aromatic carbocycles. The maximum absolute atomic E-state index is 6.28. The van der Waals surface area contributed by atoms with E-state index in [0.29, 0.717) is 10.0 Å². The van der Waals surface area contributed by atoms with Crippen molar-refractivity contribution in [2.75, 3.05) is 0 Å². The molecule has 0 fully saturated rings. The lowest BCUT2D eigenvalue weighted by Gasteiger charge is -2.21. The maximum atomic E-state index is 6.28. The number of nitrogens with two attached hydrogens (primary N) is 1. The molecule has 108 valence electrons. The number of halogens is 2. The molecule has 0 saturated carbocycles. The molecule has 1 atom stereocenters. The number of rotatable bonds is 5. The first-order chi connectivity index (χ1) is 9.58. The molecule has 3 N–H and O–H groups in total. The van der Waals surface area contributed by atoms with Crippen molar-refractivity contribution in [3.8, 4) is 0 Å². The van der Waals surface area contributed by atoms with Crippen molar-refractivity contribution in [3.63, 3.8) is 0 Å². The molecule has 0 spiro atoms. The van der Waals surface area contributed by atoms with Gasteiger partial charge >= 0.3 is 0 Å². The number of nitrogens with one attached hydrogen (secondary N) is 1. The predicted octanol–water partition coefficient (Wildman–Crippen LogP) is 3.46. The molecule has 0 amide bonds. The molecule has 0 aliphatic rings. The zero-order chi connectivity index (χ0) is 14.7. The lowest BCUT2D eigenvalue weighted by atomic mass is 9.99. The average Bonchev–Trinajstić information content (AvgIpc) is 2.77. The molecule has 2 aromatic rings. The highest BCUT2D eigenvalue weighted by Crippen LogP contribution is 2.31. The van der Waals surface area contributed by atoms with E-state index < -0.39 is 0 Å². The Bertz CT molecular complexity index is 595. The molecule has 0 aliphatic carbocycles. The molecule has 0 bridgehead atoms. The number of hydrogen-bond donors (Lipinski definition) is 2. The summed E-state index contributed by atoms with van der Waals surface area (Å²) < 4.78 is 1.88. The number of nitrogens with zero attached hydrogens (tertiary/aromatic N) is 2. The SMILES string of the molecule is CCCn1ncc(Cl)c1C(NN)c1cc(Cl)ccc1C. The quantitative estimate of drug-likeness (QED) is 0.656. The van der Waals surface area contributed by atoms with Gasteiger partial charge in [-0.05, 0) is 36.6 Å². The summed E-state index contributed by atoms with van der Waals surface area (Å²) in [7, 11) is 0. The Morgan fingerprint density at radius 2 is 2.15 bits per heavy atom. The normalized spacial score (nSPS) is 12.7. The minimum absolute atomic E-state index is 0.241. The van der Waals surface area contributed by atoms with Crippen LogP contribution in [0.1, 0.15) is 36.2 Å². The van der Waals surface area contributed by atoms with Crippen LogP contribution < -0.4 is 11.3 Å². The highest BCUT2D eigenvalue weighted by Gasteiger charge is 2.22. The Balaban J connectivity index is 2.52. The Hall–Kier alpha value is -1.07. The second-order valence-electron chi connectivity index (χ2n) is 4.70. The minimum atomic E-state index is -0.241. The molecular formula is C14H18Cl2N4. The van der Waals surface area contributed by atoms with Gasteiger partial charge in [0.25, 0.3) is 0 Å². The lowest BCUT2D eigenvalue weighted by molar-refractivity contribution is 0.520. The van der Waals surface area contributed by atoms with Gasteiger partial charge in [-0.15, -0.1) is 0 Å². The van der Waals surface area contributed by atoms with E-state index in [2.05, 4.69) is 17.4 Å². The van der Waals surface area contributed by atoms with Crippen LogP contribution in [0.15, 0.2) is 24.4 Å². The number of aromatic nitrogens is 2. The average molecular weight is 313 g/mol. The van der Waals surface area contributed by atoms with Crippen molar-refractivity contribution in [1.29, 1.82) is 0 Å². The maximum Gasteiger partial charge on any atom is 0.0896 e. The highest BCUT2D eigenvalue weighted by atomic mass is 35.5. The van der Waals surface area contributed by atoms with Crippen LogP contribution in [0.4, 0.5) is 0 Å². The van der Waals surface area contributed by atoms with E-state index in [0.717, 1.165) is 29.8 Å². The number of hydrogen-bond acceptors (Lipinski definition) is 3. The zero-order valence-corrected chi connectivity index (χ0v) is 13.0. The van der Waals surface area contributed by atoms with Crippen LogP contribution in [-0.2, 0) is 6.54 Å². The molecule has 1 heterocycles. The molecule has 20 heavy (non-hydrogen) atoms. The Morgan fingerprint density at radius 1 is 1.40 bits per heavy atom. The molecule has 6 heteroatoms. The smallest absolute Gasteiger partial charge is 0.0896 e. The van der Waals surface area contributed by atoms with E-state index in [1.807, 2.05) is 29.8 Å². The van der Waals surface area contributed by atoms with E-state index in [9.17, 15) is 0 Å². The molecule has 1 aromatic heterocycles. The topological polar surface area (TPSA) is 55.9 Å². The van der Waals surface area contributed by atoms with Crippen LogP contribution in [0.3, 0.4) is 0 Å². The van der Waals surface area contributed by atoms with Gasteiger partial charge < -0.3 is 0 Å². The number of aryl methyl sites for hydroxylation is 2. The molecule has 2 rings (SSSR count). The van der Waals surface area contributed by atoms with Gasteiger partial charge in [0, 0.05) is 11.6 Å². The first-order valence-electron chi connectivity index (χ1n) is 6.51. The monoisotopic (exact) mass is 312 g/mol. The third kappa shape index (κ3) is 2.99. The van der Waals surface area contributed by atoms with Crippen molar-refractivity contribution >= 4 is 23.2 Å². The van der Waals surface area contributed by atoms with Gasteiger partial charge in [0.15, 0.2) is 0 Å². The highest BCUT2D eigenvalue weighted by molar-refractivity contribution is 6.31. The van der Waals surface area contributed by atoms with E-state index in [1.54, 1.807) is 6.20 Å². The van der Waals surface area contributed by atoms with Crippen molar-refractivity contribution in [1.82, 2.24) is 15.2 Å². The van der Waals surface area contributed by atoms with Crippen molar-refractivity contribution in [3.05, 3.63) is 51.3 Å². The molecular weight excluding hydrogens is 295 g/mol. The third-order valence-corrected chi connectivity index (χ3v) is 3.79. The number of hydrazine groups is 1. The standard InChI is InChI=1S/C14H18Cl2N4/c1-3-6-20-14(12(16)8-18-20)13(19-17)11-7-10(15)5-4-9(11)2/h4-5,7-8,13,19H,3,6,17H2,1-2H3. The Kier molecular flexibility index (Phi) is 5.05. The fraction of sp³-hybridized carbons (Fsp3) is 0.357. The van der Waals surface area contributed by atoms with Gasteiger partial charge in [-0.1, -0.05) is 36.2 Å². The van der Waals surface area contributed by atoms with Crippen LogP contribution in [0.5, 0.6) is 0 Å². The van der Waals surface area contributed by atoms with Crippen LogP contribution in [0.2, 0.25) is 10.0 Å². The van der Waals surface area contributed by atoms with Gasteiger partial charge in [0.05, 0.1) is 23.0 Å². The molecule has 1 unspecified atom stereocenters. The van der Waals surface area contributed by atoms with Gasteiger partial charge in [-0.2, -0.15) is 5.10 Å². The summed E-state index contributed by atoms with van der Waals surface area (Å²) in [6.07, 6.45) is 2.62. The minimum Gasteiger partial charge on any atom is -0.271 e. The van der Waals surface area contributed by atoms with Gasteiger partial charge in [0.2, 0.25) is 0 Å². The van der Waals surface area contributed by atoms with Crippen molar-refractivity contribution < 1.29 is 0 Å². The fourth-order valence-electron chi connectivity index (χ4n) is 2.29. The predicted molar refractivity (Wildman–Crippen MR) is 82.9 cm³/mol. The second kappa shape index (κ2) is 6.59. The van der Waals surface area contributed by atoms with E-state index in [1.165, 1.54) is 0 Å². The van der Waals surface area contributed by atoms with Crippen LogP contribution in [0, 0.1) is 6.92 Å². The molecule has 4 nitrogen and oxygen atoms in total. The largest absolute Gasteiger partial charge is 0.271 e. The second-order valence-corrected chi connectivity index (χ2v) is 5.55. The van der Waals surface area contributed by atoms with E-state index in [-0.39, 0.29) is 6.04 Å². The molecule has 0 saturated heterocycles. The van der Waals surface area contributed by atoms with Gasteiger partial charge in [-0.3, -0.25) is 10.5 Å². The molecule has 0 radical (unpaired) electrons. The van der Waals surface area contributed by atoms with Gasteiger partial charge in [0.1, 0.15) is 0 Å². The van der Waals surface area contributed by atoms with Crippen molar-refractivity contribution in [2.24, 2.45) is 5.84 Å². The Morgan fingerprint density at radius 3 is 2.80 bits per heavy atom. The van der Waals surface area contributed by atoms with Crippen molar-refractivity contribution in [2.45, 2.75) is 32.9 Å². The van der Waals surface area contributed by atoms with E-state index in [4.69, 9.17) is 29.0 Å². The van der Waals surface area contributed by atoms with Gasteiger partial charge in [-0.25, -0.2) is 5.43 Å². The van der Waals surface area contributed by atoms with Crippen LogP contribution in [-0.4, -0.2) is 9.78 Å². The summed E-state index contributed by atoms with van der Waals surface area (Å²) in [6.45, 7) is 4.90. The summed E-state index contributed by atoms with van der Waals surface area (Å²) in [5.41, 5.74) is 5.78. The third-order valence-electron chi connectivity index (χ3n) is 3.26. The first-order valence-corrected chi connectivity index (χ1v) is 7.27. The summed E-state index contributed by atoms with van der Waals surface area (Å²) in [6, 6.07) is 5.49. The summed E-state index contributed by atoms with van der Waals surface area (Å²) in [5.74, 6) is 5.76. The van der Waals surface area contributed by atoms with E-state index >= 15 is 0 Å². The summed E-state index contributed by atoms with van der Waals surface area (Å²) >= 11 is 12.4. The van der Waals surface area contributed by atoms with Crippen LogP contribution >= 0.6 is 23.2 Å². The fourth-order valence-corrected chi connectivity index (χ4v) is 2.72. The summed E-state index contributed by atoms with van der Waals surface area (Å²) in [4.78, 5) is 0. The number of benzene rings is 1. The Labute approximate surface area is 128 Å². The summed E-state index contributed by atoms with van der Waals surface area (Å²) in [5, 5.41) is 5.58. The lowest BCUT2D eigenvalue weighted by Crippen LogP contribution is -2.31. The zero-order valence-electron chi connectivity index (χ0n) is 11.5. The first kappa shape index (κ1) is 15.3. The molecule has 0 aliphatic heterocycles.